The Labute approximate surface area is 156 Å². The van der Waals surface area contributed by atoms with Gasteiger partial charge in [0.2, 0.25) is 0 Å². The van der Waals surface area contributed by atoms with Crippen molar-refractivity contribution in [2.45, 2.75) is 109 Å². The number of hydrogen-bond donors (Lipinski definition) is 0. The Morgan fingerprint density at radius 1 is 0.750 bits per heavy atom. The first-order valence-electron chi connectivity index (χ1n) is 10.4. The van der Waals surface area contributed by atoms with Gasteiger partial charge in [-0.1, -0.05) is 109 Å². The van der Waals surface area contributed by atoms with E-state index in [-0.39, 0.29) is 4.87 Å². The van der Waals surface area contributed by atoms with Gasteiger partial charge in [0, 0.05) is 0 Å². The smallest absolute Gasteiger partial charge is 0.0695 e. The molecule has 0 nitrogen and oxygen atoms in total. The summed E-state index contributed by atoms with van der Waals surface area (Å²) < 4.78 is 0. The van der Waals surface area contributed by atoms with Gasteiger partial charge < -0.3 is 0 Å². The number of halogens is 1. The predicted octanol–water partition coefficient (Wildman–Crippen LogP) is 8.40. The summed E-state index contributed by atoms with van der Waals surface area (Å²) in [6.07, 6.45) is 17.0. The SMILES string of the molecule is CCCCCCCCCCCCC(Cl)(CC)c1ccccc1CC. The van der Waals surface area contributed by atoms with Crippen molar-refractivity contribution in [3.8, 4) is 0 Å². The van der Waals surface area contributed by atoms with Crippen LogP contribution in [-0.2, 0) is 11.3 Å². The molecule has 1 rings (SSSR count). The van der Waals surface area contributed by atoms with Crippen molar-refractivity contribution in [3.05, 3.63) is 35.4 Å². The molecule has 138 valence electrons. The number of rotatable bonds is 14. The Morgan fingerprint density at radius 3 is 1.83 bits per heavy atom. The van der Waals surface area contributed by atoms with Crippen LogP contribution in [0.15, 0.2) is 24.3 Å². The molecule has 0 fully saturated rings. The number of aryl methyl sites for hydroxylation is 1. The largest absolute Gasteiger partial charge is 0.114 e. The highest BCUT2D eigenvalue weighted by molar-refractivity contribution is 6.24. The van der Waals surface area contributed by atoms with E-state index in [4.69, 9.17) is 11.6 Å². The topological polar surface area (TPSA) is 0 Å². The molecule has 0 aliphatic heterocycles. The maximum Gasteiger partial charge on any atom is 0.0695 e. The first kappa shape index (κ1) is 21.6. The molecule has 1 aromatic carbocycles. The van der Waals surface area contributed by atoms with Crippen LogP contribution in [-0.4, -0.2) is 0 Å². The molecule has 0 N–H and O–H groups in total. The molecule has 1 heteroatoms. The summed E-state index contributed by atoms with van der Waals surface area (Å²) in [4.78, 5) is -0.160. The minimum Gasteiger partial charge on any atom is -0.114 e. The molecule has 0 aliphatic carbocycles. The van der Waals surface area contributed by atoms with E-state index >= 15 is 0 Å². The Kier molecular flexibility index (Phi) is 11.5. The zero-order chi connectivity index (χ0) is 17.7. The summed E-state index contributed by atoms with van der Waals surface area (Å²) in [6.45, 7) is 6.74. The van der Waals surface area contributed by atoms with Crippen LogP contribution in [0.2, 0.25) is 0 Å². The Bertz CT molecular complexity index is 426. The second-order valence-corrected chi connectivity index (χ2v) is 7.99. The molecule has 0 spiro atoms. The Balaban J connectivity index is 2.26. The fraction of sp³-hybridized carbons (Fsp3) is 0.739. The molecule has 0 aromatic heterocycles. The van der Waals surface area contributed by atoms with Crippen molar-refractivity contribution in [2.24, 2.45) is 0 Å². The van der Waals surface area contributed by atoms with Crippen LogP contribution in [0.5, 0.6) is 0 Å². The summed E-state index contributed by atoms with van der Waals surface area (Å²) >= 11 is 7.04. The average molecular weight is 351 g/mol. The van der Waals surface area contributed by atoms with Gasteiger partial charge in [0.25, 0.3) is 0 Å². The van der Waals surface area contributed by atoms with Gasteiger partial charge in [0.15, 0.2) is 0 Å². The molecular weight excluding hydrogens is 312 g/mol. The number of unbranched alkanes of at least 4 members (excludes halogenated alkanes) is 9. The van der Waals surface area contributed by atoms with Crippen molar-refractivity contribution in [2.75, 3.05) is 0 Å². The Morgan fingerprint density at radius 2 is 1.29 bits per heavy atom. The normalized spacial score (nSPS) is 13.8. The van der Waals surface area contributed by atoms with E-state index in [0.717, 1.165) is 19.3 Å². The van der Waals surface area contributed by atoms with Crippen molar-refractivity contribution in [3.63, 3.8) is 0 Å². The second-order valence-electron chi connectivity index (χ2n) is 7.26. The lowest BCUT2D eigenvalue weighted by Gasteiger charge is -2.28. The lowest BCUT2D eigenvalue weighted by atomic mass is 9.86. The minimum atomic E-state index is -0.160. The average Bonchev–Trinajstić information content (AvgIpc) is 2.63. The molecule has 0 bridgehead atoms. The van der Waals surface area contributed by atoms with Crippen molar-refractivity contribution in [1.29, 1.82) is 0 Å². The van der Waals surface area contributed by atoms with Crippen LogP contribution in [0.4, 0.5) is 0 Å². The highest BCUT2D eigenvalue weighted by atomic mass is 35.5. The van der Waals surface area contributed by atoms with Crippen LogP contribution in [0.25, 0.3) is 0 Å². The first-order valence-corrected chi connectivity index (χ1v) is 10.8. The molecule has 0 aliphatic rings. The van der Waals surface area contributed by atoms with Gasteiger partial charge in [-0.05, 0) is 30.4 Å². The van der Waals surface area contributed by atoms with Crippen molar-refractivity contribution in [1.82, 2.24) is 0 Å². The third kappa shape index (κ3) is 7.60. The van der Waals surface area contributed by atoms with Crippen molar-refractivity contribution < 1.29 is 0 Å². The van der Waals surface area contributed by atoms with Crippen LogP contribution in [0.3, 0.4) is 0 Å². The lowest BCUT2D eigenvalue weighted by Crippen LogP contribution is -2.19. The molecule has 1 unspecified atom stereocenters. The standard InChI is InChI=1S/C23H39Cl/c1-4-7-8-9-10-11-12-13-14-17-20-23(24,6-3)22-19-16-15-18-21(22)5-2/h15-16,18-19H,4-14,17,20H2,1-3H3. The quantitative estimate of drug-likeness (QED) is 0.233. The molecule has 0 saturated heterocycles. The van der Waals surface area contributed by atoms with Gasteiger partial charge >= 0.3 is 0 Å². The number of alkyl halides is 1. The van der Waals surface area contributed by atoms with Gasteiger partial charge in [-0.15, -0.1) is 11.6 Å². The maximum atomic E-state index is 7.04. The van der Waals surface area contributed by atoms with E-state index in [9.17, 15) is 0 Å². The highest BCUT2D eigenvalue weighted by Gasteiger charge is 2.28. The fourth-order valence-electron chi connectivity index (χ4n) is 3.66. The second kappa shape index (κ2) is 12.8. The summed E-state index contributed by atoms with van der Waals surface area (Å²) in [6, 6.07) is 8.75. The van der Waals surface area contributed by atoms with E-state index in [1.165, 1.54) is 75.3 Å². The zero-order valence-corrected chi connectivity index (χ0v) is 17.1. The maximum absolute atomic E-state index is 7.04. The van der Waals surface area contributed by atoms with E-state index in [1.54, 1.807) is 0 Å². The number of hydrogen-bond acceptors (Lipinski definition) is 0. The molecule has 1 aromatic rings. The van der Waals surface area contributed by atoms with E-state index in [2.05, 4.69) is 45.0 Å². The van der Waals surface area contributed by atoms with Crippen molar-refractivity contribution >= 4 is 11.6 Å². The van der Waals surface area contributed by atoms with Gasteiger partial charge in [0.1, 0.15) is 0 Å². The predicted molar refractivity (Wildman–Crippen MR) is 110 cm³/mol. The highest BCUT2D eigenvalue weighted by Crippen LogP contribution is 2.39. The Hall–Kier alpha value is -0.490. The molecule has 24 heavy (non-hydrogen) atoms. The van der Waals surface area contributed by atoms with Crippen LogP contribution < -0.4 is 0 Å². The molecule has 0 radical (unpaired) electrons. The molecule has 0 saturated carbocycles. The fourth-order valence-corrected chi connectivity index (χ4v) is 3.98. The minimum absolute atomic E-state index is 0.160. The molecule has 0 amide bonds. The van der Waals surface area contributed by atoms with Crippen LogP contribution in [0.1, 0.15) is 109 Å². The summed E-state index contributed by atoms with van der Waals surface area (Å²) in [5, 5.41) is 0. The summed E-state index contributed by atoms with van der Waals surface area (Å²) in [5.41, 5.74) is 2.79. The third-order valence-corrected chi connectivity index (χ3v) is 6.03. The number of benzene rings is 1. The van der Waals surface area contributed by atoms with Gasteiger partial charge in [0.05, 0.1) is 4.87 Å². The van der Waals surface area contributed by atoms with Gasteiger partial charge in [-0.25, -0.2) is 0 Å². The third-order valence-electron chi connectivity index (χ3n) is 5.37. The van der Waals surface area contributed by atoms with Gasteiger partial charge in [-0.3, -0.25) is 0 Å². The summed E-state index contributed by atoms with van der Waals surface area (Å²) in [7, 11) is 0. The van der Waals surface area contributed by atoms with E-state index in [1.807, 2.05) is 0 Å². The first-order chi connectivity index (χ1) is 11.7. The van der Waals surface area contributed by atoms with Gasteiger partial charge in [-0.2, -0.15) is 0 Å². The van der Waals surface area contributed by atoms with E-state index < -0.39 is 0 Å². The zero-order valence-electron chi connectivity index (χ0n) is 16.4. The van der Waals surface area contributed by atoms with Crippen LogP contribution in [0, 0.1) is 0 Å². The van der Waals surface area contributed by atoms with E-state index in [0.29, 0.717) is 0 Å². The molecule has 1 atom stereocenters. The van der Waals surface area contributed by atoms with Crippen LogP contribution >= 0.6 is 11.6 Å². The lowest BCUT2D eigenvalue weighted by molar-refractivity contribution is 0.480. The monoisotopic (exact) mass is 350 g/mol. The molecule has 0 heterocycles. The summed E-state index contributed by atoms with van der Waals surface area (Å²) in [5.74, 6) is 0. The molecular formula is C23H39Cl.